The van der Waals surface area contributed by atoms with Gasteiger partial charge in [-0.15, -0.1) is 0 Å². The number of rotatable bonds is 3. The number of benzene rings is 1. The number of carbonyl (C=O) groups is 1. The Kier molecular flexibility index (Phi) is 6.52. The quantitative estimate of drug-likeness (QED) is 0.175. The van der Waals surface area contributed by atoms with Crippen LogP contribution in [0.2, 0.25) is 0 Å². The van der Waals surface area contributed by atoms with Gasteiger partial charge in [-0.3, -0.25) is 14.9 Å². The molecule has 103 valence electrons. The van der Waals surface area contributed by atoms with Crippen molar-refractivity contribution in [2.45, 2.75) is 0 Å². The van der Waals surface area contributed by atoms with Crippen molar-refractivity contribution in [3.8, 4) is 12.5 Å². The van der Waals surface area contributed by atoms with E-state index in [2.05, 4.69) is 9.58 Å². The van der Waals surface area contributed by atoms with Crippen molar-refractivity contribution in [3.63, 3.8) is 0 Å². The molecule has 0 fully saturated rings. The molecule has 20 heavy (non-hydrogen) atoms. The van der Waals surface area contributed by atoms with E-state index in [1.54, 1.807) is 6.11 Å². The minimum atomic E-state index is -1.17. The zero-order chi connectivity index (χ0) is 14.4. The molecule has 8 heteroatoms. The molecule has 0 aromatic heterocycles. The van der Waals surface area contributed by atoms with E-state index in [1.165, 1.54) is 12.1 Å². The summed E-state index contributed by atoms with van der Waals surface area (Å²) in [5.41, 5.74) is -0.829. The van der Waals surface area contributed by atoms with Crippen LogP contribution in [0.15, 0.2) is 30.0 Å². The summed E-state index contributed by atoms with van der Waals surface area (Å²) in [6, 6.07) is 4.64. The maximum absolute atomic E-state index is 11.3. The van der Waals surface area contributed by atoms with Gasteiger partial charge in [0.05, 0.1) is 11.5 Å². The van der Waals surface area contributed by atoms with Crippen molar-refractivity contribution in [1.82, 2.24) is 0 Å². The van der Waals surface area contributed by atoms with Crippen molar-refractivity contribution in [2.75, 3.05) is 0 Å². The fraction of sp³-hybridized carbons (Fsp3) is 0. The Morgan fingerprint density at radius 1 is 1.45 bits per heavy atom. The minimum Gasteiger partial charge on any atom is -0.518 e. The average molecular weight is 317 g/mol. The summed E-state index contributed by atoms with van der Waals surface area (Å²) < 4.78 is 4.15. The van der Waals surface area contributed by atoms with Gasteiger partial charge in [-0.05, 0) is 12.1 Å². The van der Waals surface area contributed by atoms with Crippen LogP contribution in [-0.4, -0.2) is 16.0 Å². The third kappa shape index (κ3) is 3.85. The van der Waals surface area contributed by atoms with Crippen LogP contribution in [-0.2, 0) is 26.3 Å². The first-order valence-corrected chi connectivity index (χ1v) is 4.73. The number of aliphatic hydroxyl groups excluding tert-OH is 1. The number of nitro benzene ring substituents is 1. The molecule has 0 aliphatic carbocycles. The van der Waals surface area contributed by atoms with Crippen molar-refractivity contribution in [3.05, 3.63) is 57.1 Å². The molecule has 1 radical (unpaired) electrons. The monoisotopic (exact) mass is 317 g/mol. The SMILES string of the molecule is [C-]#[N+]/C(C(=O)OC#C)=C(/O)c1ccc([N+](=O)[O-])cc1.[Co]. The molecule has 0 bridgehead atoms. The molecule has 0 amide bonds. The first-order valence-electron chi connectivity index (χ1n) is 4.73. The third-order valence-corrected chi connectivity index (χ3v) is 2.03. The molecule has 0 unspecified atom stereocenters. The summed E-state index contributed by atoms with van der Waals surface area (Å²) in [5, 5.41) is 20.2. The Balaban J connectivity index is 0.00000361. The van der Waals surface area contributed by atoms with Crippen LogP contribution in [0.5, 0.6) is 0 Å². The van der Waals surface area contributed by atoms with E-state index in [-0.39, 0.29) is 28.0 Å². The zero-order valence-electron chi connectivity index (χ0n) is 9.69. The number of hydrogen-bond donors (Lipinski definition) is 1. The first-order chi connectivity index (χ1) is 9.01. The van der Waals surface area contributed by atoms with Gasteiger partial charge >= 0.3 is 11.7 Å². The molecule has 1 rings (SSSR count). The predicted molar refractivity (Wildman–Crippen MR) is 64.2 cm³/mol. The smallest absolute Gasteiger partial charge is 0.354 e. The van der Waals surface area contributed by atoms with Gasteiger partial charge in [0, 0.05) is 34.5 Å². The summed E-state index contributed by atoms with van der Waals surface area (Å²) in [5.74, 6) is -1.83. The van der Waals surface area contributed by atoms with Gasteiger partial charge in [0.25, 0.3) is 5.69 Å². The number of esters is 1. The van der Waals surface area contributed by atoms with Crippen LogP contribution in [0.1, 0.15) is 5.56 Å². The van der Waals surface area contributed by atoms with Crippen molar-refractivity contribution in [2.24, 2.45) is 0 Å². The topological polar surface area (TPSA) is 94.0 Å². The van der Waals surface area contributed by atoms with Gasteiger partial charge in [-0.2, -0.15) is 0 Å². The fourth-order valence-corrected chi connectivity index (χ4v) is 1.17. The fourth-order valence-electron chi connectivity index (χ4n) is 1.17. The Hall–Kier alpha value is -2.81. The second-order valence-corrected chi connectivity index (χ2v) is 3.12. The van der Waals surface area contributed by atoms with Crippen molar-refractivity contribution < 1.29 is 36.3 Å². The molecule has 0 heterocycles. The molecule has 7 nitrogen and oxygen atoms in total. The van der Waals surface area contributed by atoms with Crippen LogP contribution >= 0.6 is 0 Å². The van der Waals surface area contributed by atoms with Gasteiger partial charge in [-0.1, -0.05) is 6.42 Å². The van der Waals surface area contributed by atoms with E-state index in [4.69, 9.17) is 13.0 Å². The van der Waals surface area contributed by atoms with Crippen molar-refractivity contribution >= 4 is 17.4 Å². The van der Waals surface area contributed by atoms with E-state index in [1.807, 2.05) is 0 Å². The van der Waals surface area contributed by atoms with Crippen LogP contribution in [0.4, 0.5) is 5.69 Å². The Morgan fingerprint density at radius 2 is 2.00 bits per heavy atom. The first kappa shape index (κ1) is 17.2. The number of hydrogen-bond acceptors (Lipinski definition) is 5. The maximum Gasteiger partial charge on any atom is 0.354 e. The molecular formula is C12H6CoN2O5. The number of carbonyl (C=O) groups excluding carboxylic acids is 1. The molecule has 0 atom stereocenters. The second-order valence-electron chi connectivity index (χ2n) is 3.12. The number of nitrogens with zero attached hydrogens (tertiary/aromatic N) is 2. The van der Waals surface area contributed by atoms with E-state index < -0.39 is 22.3 Å². The maximum atomic E-state index is 11.3. The number of terminal acetylenes is 1. The number of ether oxygens (including phenoxy) is 1. The summed E-state index contributed by atoms with van der Waals surface area (Å²) >= 11 is 0. The Labute approximate surface area is 124 Å². The molecule has 1 aromatic rings. The van der Waals surface area contributed by atoms with Gasteiger partial charge < -0.3 is 9.84 Å². The molecule has 0 saturated heterocycles. The molecular weight excluding hydrogens is 311 g/mol. The van der Waals surface area contributed by atoms with E-state index >= 15 is 0 Å². The number of nitro groups is 1. The molecule has 0 saturated carbocycles. The normalized spacial score (nSPS) is 10.1. The molecule has 1 aromatic carbocycles. The van der Waals surface area contributed by atoms with Crippen LogP contribution in [0.3, 0.4) is 0 Å². The zero-order valence-corrected chi connectivity index (χ0v) is 10.7. The van der Waals surface area contributed by atoms with E-state index in [9.17, 15) is 20.0 Å². The summed E-state index contributed by atoms with van der Waals surface area (Å²) in [4.78, 5) is 23.9. The Morgan fingerprint density at radius 3 is 2.40 bits per heavy atom. The second kappa shape index (κ2) is 7.58. The van der Waals surface area contributed by atoms with Crippen molar-refractivity contribution in [1.29, 1.82) is 0 Å². The van der Waals surface area contributed by atoms with Gasteiger partial charge in [-0.25, -0.2) is 4.85 Å². The van der Waals surface area contributed by atoms with Gasteiger partial charge in [0.15, 0.2) is 0 Å². The largest absolute Gasteiger partial charge is 0.518 e. The number of non-ortho nitro benzene ring substituents is 1. The summed E-state index contributed by atoms with van der Waals surface area (Å²) in [6.07, 6.45) is 6.32. The molecule has 0 aliphatic rings. The van der Waals surface area contributed by atoms with E-state index in [0.29, 0.717) is 0 Å². The van der Waals surface area contributed by atoms with E-state index in [0.717, 1.165) is 12.1 Å². The minimum absolute atomic E-state index is 0. The number of aliphatic hydroxyl groups is 1. The Bertz CT molecular complexity index is 637. The molecule has 0 aliphatic heterocycles. The van der Waals surface area contributed by atoms with Gasteiger partial charge in [0.2, 0.25) is 0 Å². The summed E-state index contributed by atoms with van der Waals surface area (Å²) in [7, 11) is 0. The third-order valence-electron chi connectivity index (χ3n) is 2.03. The van der Waals surface area contributed by atoms with Crippen LogP contribution < -0.4 is 0 Å². The molecule has 1 N–H and O–H groups in total. The standard InChI is InChI=1S/C12H6N2O5.Co/c1-3-19-12(16)10(13-2)11(15)8-4-6-9(7-5-8)14(17)18;/h1,4-7,15H;/b11-10+;. The summed E-state index contributed by atoms with van der Waals surface area (Å²) in [6.45, 7) is 6.79. The van der Waals surface area contributed by atoms with Gasteiger partial charge in [0.1, 0.15) is 11.9 Å². The molecule has 0 spiro atoms. The van der Waals surface area contributed by atoms with Crippen LogP contribution in [0.25, 0.3) is 10.6 Å². The predicted octanol–water partition coefficient (Wildman–Crippen LogP) is 1.87. The van der Waals surface area contributed by atoms with Crippen LogP contribution in [0, 0.1) is 29.2 Å². The average Bonchev–Trinajstić information content (AvgIpc) is 2.39.